The molecule has 1 aliphatic heterocycles. The van der Waals surface area contributed by atoms with Crippen LogP contribution >= 0.6 is 0 Å². The van der Waals surface area contributed by atoms with Gasteiger partial charge < -0.3 is 15.3 Å². The summed E-state index contributed by atoms with van der Waals surface area (Å²) >= 11 is 0. The van der Waals surface area contributed by atoms with Crippen LogP contribution in [0, 0.1) is 5.92 Å². The standard InChI is InChI=1S/C14H26N2O2/c1-15-14(13(17)18,12-7-8-12)11-16-9-5-3-2-4-6-10-16/h12,15H,2-11H2,1H3,(H,17,18). The molecule has 4 heteroatoms. The van der Waals surface area contributed by atoms with Crippen molar-refractivity contribution in [1.82, 2.24) is 10.2 Å². The molecule has 2 N–H and O–H groups in total. The second-order valence-electron chi connectivity index (χ2n) is 5.84. The van der Waals surface area contributed by atoms with Gasteiger partial charge in [-0.1, -0.05) is 19.3 Å². The first-order chi connectivity index (χ1) is 8.69. The second kappa shape index (κ2) is 6.02. The van der Waals surface area contributed by atoms with Gasteiger partial charge in [0.1, 0.15) is 5.54 Å². The molecule has 1 heterocycles. The van der Waals surface area contributed by atoms with E-state index in [1.807, 2.05) is 0 Å². The predicted molar refractivity (Wildman–Crippen MR) is 71.7 cm³/mol. The van der Waals surface area contributed by atoms with E-state index in [-0.39, 0.29) is 0 Å². The molecule has 1 saturated carbocycles. The van der Waals surface area contributed by atoms with E-state index in [0.29, 0.717) is 12.5 Å². The maximum atomic E-state index is 11.7. The minimum absolute atomic E-state index is 0.324. The zero-order chi connectivity index (χ0) is 13.0. The van der Waals surface area contributed by atoms with E-state index in [2.05, 4.69) is 10.2 Å². The Morgan fingerprint density at radius 1 is 1.22 bits per heavy atom. The first-order valence-electron chi connectivity index (χ1n) is 7.34. The monoisotopic (exact) mass is 254 g/mol. The van der Waals surface area contributed by atoms with Gasteiger partial charge in [-0.2, -0.15) is 0 Å². The van der Waals surface area contributed by atoms with Crippen LogP contribution in [0.3, 0.4) is 0 Å². The highest BCUT2D eigenvalue weighted by Crippen LogP contribution is 2.40. The van der Waals surface area contributed by atoms with Gasteiger partial charge in [0.25, 0.3) is 0 Å². The Bertz CT molecular complexity index is 284. The van der Waals surface area contributed by atoms with Gasteiger partial charge in [-0.05, 0) is 51.7 Å². The third-order valence-electron chi connectivity index (χ3n) is 4.52. The molecule has 4 nitrogen and oxygen atoms in total. The first kappa shape index (κ1) is 13.8. The zero-order valence-corrected chi connectivity index (χ0v) is 11.5. The molecule has 1 aliphatic carbocycles. The molecule has 0 spiro atoms. The lowest BCUT2D eigenvalue weighted by molar-refractivity contribution is -0.146. The number of hydrogen-bond acceptors (Lipinski definition) is 3. The maximum Gasteiger partial charge on any atom is 0.325 e. The van der Waals surface area contributed by atoms with Gasteiger partial charge in [0.05, 0.1) is 0 Å². The molecule has 2 rings (SSSR count). The molecule has 2 fully saturated rings. The number of likely N-dealkylation sites (N-methyl/N-ethyl adjacent to an activating group) is 1. The number of hydrogen-bond donors (Lipinski definition) is 2. The van der Waals surface area contributed by atoms with Crippen molar-refractivity contribution in [2.24, 2.45) is 5.92 Å². The van der Waals surface area contributed by atoms with Crippen LogP contribution in [-0.4, -0.2) is 48.2 Å². The summed E-state index contributed by atoms with van der Waals surface area (Å²) in [5.41, 5.74) is -0.709. The van der Waals surface area contributed by atoms with Crippen molar-refractivity contribution in [2.75, 3.05) is 26.7 Å². The van der Waals surface area contributed by atoms with E-state index >= 15 is 0 Å². The summed E-state index contributed by atoms with van der Waals surface area (Å²) in [5.74, 6) is -0.347. The Labute approximate surface area is 110 Å². The van der Waals surface area contributed by atoms with Crippen LogP contribution in [0.2, 0.25) is 0 Å². The highest BCUT2D eigenvalue weighted by atomic mass is 16.4. The smallest absolute Gasteiger partial charge is 0.325 e. The number of likely N-dealkylation sites (tertiary alicyclic amines) is 1. The fourth-order valence-corrected chi connectivity index (χ4v) is 3.16. The predicted octanol–water partition coefficient (Wildman–Crippen LogP) is 1.71. The minimum Gasteiger partial charge on any atom is -0.480 e. The summed E-state index contributed by atoms with van der Waals surface area (Å²) in [5, 5.41) is 12.7. The molecule has 0 aromatic carbocycles. The van der Waals surface area contributed by atoms with Gasteiger partial charge in [-0.3, -0.25) is 4.79 Å². The number of nitrogens with one attached hydrogen (secondary N) is 1. The topological polar surface area (TPSA) is 52.6 Å². The Morgan fingerprint density at radius 2 is 1.78 bits per heavy atom. The number of carboxylic acid groups (broad SMARTS) is 1. The fraction of sp³-hybridized carbons (Fsp3) is 0.929. The van der Waals surface area contributed by atoms with Crippen LogP contribution in [0.1, 0.15) is 44.9 Å². The second-order valence-corrected chi connectivity index (χ2v) is 5.84. The summed E-state index contributed by atoms with van der Waals surface area (Å²) in [6.07, 6.45) is 8.46. The van der Waals surface area contributed by atoms with E-state index in [4.69, 9.17) is 0 Å². The summed E-state index contributed by atoms with van der Waals surface area (Å²) in [6, 6.07) is 0. The van der Waals surface area contributed by atoms with Crippen LogP contribution in [0.25, 0.3) is 0 Å². The van der Waals surface area contributed by atoms with Crippen molar-refractivity contribution in [3.8, 4) is 0 Å². The van der Waals surface area contributed by atoms with Crippen molar-refractivity contribution in [2.45, 2.75) is 50.5 Å². The molecule has 2 aliphatic rings. The molecule has 1 atom stereocenters. The highest BCUT2D eigenvalue weighted by molar-refractivity contribution is 5.80. The van der Waals surface area contributed by atoms with Gasteiger partial charge in [-0.15, -0.1) is 0 Å². The third-order valence-corrected chi connectivity index (χ3v) is 4.52. The molecule has 1 saturated heterocycles. The molecule has 0 aromatic rings. The highest BCUT2D eigenvalue weighted by Gasteiger charge is 2.50. The van der Waals surface area contributed by atoms with Crippen molar-refractivity contribution in [3.63, 3.8) is 0 Å². The molecule has 0 radical (unpaired) electrons. The summed E-state index contributed by atoms with van der Waals surface area (Å²) < 4.78 is 0. The molecule has 0 aromatic heterocycles. The van der Waals surface area contributed by atoms with Crippen LogP contribution in [0.15, 0.2) is 0 Å². The lowest BCUT2D eigenvalue weighted by Crippen LogP contribution is -2.59. The van der Waals surface area contributed by atoms with Crippen LogP contribution < -0.4 is 5.32 Å². The average molecular weight is 254 g/mol. The maximum absolute atomic E-state index is 11.7. The number of rotatable bonds is 5. The largest absolute Gasteiger partial charge is 0.480 e. The zero-order valence-electron chi connectivity index (χ0n) is 11.5. The summed E-state index contributed by atoms with van der Waals surface area (Å²) in [6.45, 7) is 2.79. The van der Waals surface area contributed by atoms with E-state index in [1.54, 1.807) is 7.05 Å². The van der Waals surface area contributed by atoms with Crippen LogP contribution in [-0.2, 0) is 4.79 Å². The van der Waals surface area contributed by atoms with E-state index in [1.165, 1.54) is 32.1 Å². The summed E-state index contributed by atoms with van der Waals surface area (Å²) in [4.78, 5) is 14.0. The van der Waals surface area contributed by atoms with E-state index in [9.17, 15) is 9.90 Å². The van der Waals surface area contributed by atoms with Crippen molar-refractivity contribution in [3.05, 3.63) is 0 Å². The van der Waals surface area contributed by atoms with Gasteiger partial charge in [0, 0.05) is 6.54 Å². The molecule has 0 amide bonds. The SMILES string of the molecule is CNC(CN1CCCCCCC1)(C(=O)O)C1CC1. The third kappa shape index (κ3) is 3.04. The molecule has 104 valence electrons. The van der Waals surface area contributed by atoms with Crippen LogP contribution in [0.5, 0.6) is 0 Å². The molecule has 18 heavy (non-hydrogen) atoms. The fourth-order valence-electron chi connectivity index (χ4n) is 3.16. The first-order valence-corrected chi connectivity index (χ1v) is 7.34. The summed E-state index contributed by atoms with van der Waals surface area (Å²) in [7, 11) is 1.80. The minimum atomic E-state index is -0.709. The van der Waals surface area contributed by atoms with Crippen molar-refractivity contribution >= 4 is 5.97 Å². The average Bonchev–Trinajstić information content (AvgIpc) is 3.12. The number of carboxylic acids is 1. The van der Waals surface area contributed by atoms with Gasteiger partial charge in [0.2, 0.25) is 0 Å². The molecular formula is C14H26N2O2. The normalized spacial score (nSPS) is 26.1. The van der Waals surface area contributed by atoms with Crippen molar-refractivity contribution in [1.29, 1.82) is 0 Å². The molecule has 1 unspecified atom stereocenters. The Morgan fingerprint density at radius 3 is 2.22 bits per heavy atom. The number of nitrogens with zero attached hydrogens (tertiary/aromatic N) is 1. The van der Waals surface area contributed by atoms with Crippen molar-refractivity contribution < 1.29 is 9.90 Å². The lowest BCUT2D eigenvalue weighted by Gasteiger charge is -2.36. The van der Waals surface area contributed by atoms with Gasteiger partial charge in [-0.25, -0.2) is 0 Å². The Hall–Kier alpha value is -0.610. The Kier molecular flexibility index (Phi) is 4.62. The quantitative estimate of drug-likeness (QED) is 0.784. The lowest BCUT2D eigenvalue weighted by atomic mass is 9.92. The Balaban J connectivity index is 2.00. The van der Waals surface area contributed by atoms with Gasteiger partial charge in [0.15, 0.2) is 0 Å². The number of carbonyl (C=O) groups is 1. The number of aliphatic carboxylic acids is 1. The van der Waals surface area contributed by atoms with E-state index in [0.717, 1.165) is 25.9 Å². The molecular weight excluding hydrogens is 228 g/mol. The van der Waals surface area contributed by atoms with Crippen LogP contribution in [0.4, 0.5) is 0 Å². The van der Waals surface area contributed by atoms with Gasteiger partial charge >= 0.3 is 5.97 Å². The van der Waals surface area contributed by atoms with E-state index < -0.39 is 11.5 Å². The molecule has 0 bridgehead atoms.